The smallest absolute Gasteiger partial charge is 0.465 e. The van der Waals surface area contributed by atoms with Gasteiger partial charge in [-0.25, -0.2) is 4.79 Å². The van der Waals surface area contributed by atoms with Gasteiger partial charge in [0.15, 0.2) is 0 Å². The zero-order valence-corrected chi connectivity index (χ0v) is 14.7. The van der Waals surface area contributed by atoms with Crippen molar-refractivity contribution < 1.29 is 29.0 Å². The molecule has 1 aliphatic rings. The van der Waals surface area contributed by atoms with Gasteiger partial charge in [-0.1, -0.05) is 12.1 Å². The quantitative estimate of drug-likeness (QED) is 0.468. The molecule has 0 heterocycles. The van der Waals surface area contributed by atoms with Crippen molar-refractivity contribution in [2.75, 3.05) is 7.11 Å². The Morgan fingerprint density at radius 2 is 1.78 bits per heavy atom. The van der Waals surface area contributed by atoms with E-state index in [1.165, 1.54) is 25.5 Å². The topological polar surface area (TPSA) is 26.3 Å². The van der Waals surface area contributed by atoms with Gasteiger partial charge in [0.05, 0.1) is 12.7 Å². The summed E-state index contributed by atoms with van der Waals surface area (Å²) in [5, 5.41) is 0. The van der Waals surface area contributed by atoms with Crippen LogP contribution >= 0.6 is 0 Å². The van der Waals surface area contributed by atoms with Gasteiger partial charge in [0.2, 0.25) is 0 Å². The number of methoxy groups -OCH3 is 1. The first-order valence-electron chi connectivity index (χ1n) is 5.91. The minimum absolute atomic E-state index is 0. The molecule has 0 radical (unpaired) electrons. The average Bonchev–Trinajstić information content (AvgIpc) is 3.27. The van der Waals surface area contributed by atoms with E-state index in [2.05, 4.69) is 24.7 Å². The summed E-state index contributed by atoms with van der Waals surface area (Å²) in [5.74, 6) is 0.437. The fraction of sp³-hybridized carbons (Fsp3) is 0.400. The fourth-order valence-electron chi connectivity index (χ4n) is 1.45. The van der Waals surface area contributed by atoms with Gasteiger partial charge in [-0.15, -0.1) is 0 Å². The molecule has 0 aromatic heterocycles. The number of benzene rings is 1. The van der Waals surface area contributed by atoms with Crippen molar-refractivity contribution >= 4 is 5.97 Å². The van der Waals surface area contributed by atoms with E-state index >= 15 is 0 Å². The van der Waals surface area contributed by atoms with Crippen LogP contribution in [0.5, 0.6) is 0 Å². The van der Waals surface area contributed by atoms with Crippen LogP contribution in [0.15, 0.2) is 24.3 Å². The van der Waals surface area contributed by atoms with Gasteiger partial charge in [0.1, 0.15) is 0 Å². The third-order valence-corrected chi connectivity index (χ3v) is 2.36. The number of rotatable bonds is 2. The van der Waals surface area contributed by atoms with Crippen LogP contribution in [0.1, 0.15) is 48.5 Å². The number of carbonyl (C=O) groups is 1. The maximum Gasteiger partial charge on any atom is 2.00 e. The van der Waals surface area contributed by atoms with Crippen molar-refractivity contribution in [3.05, 3.63) is 49.2 Å². The first kappa shape index (κ1) is 19.6. The minimum Gasteiger partial charge on any atom is -0.465 e. The molecule has 3 heteroatoms. The zero-order chi connectivity index (χ0) is 13.3. The summed E-state index contributed by atoms with van der Waals surface area (Å²) in [5.41, 5.74) is 1.93. The summed E-state index contributed by atoms with van der Waals surface area (Å²) < 4.78 is 4.65. The number of hydrogen-bond donors (Lipinski definition) is 0. The van der Waals surface area contributed by atoms with Gasteiger partial charge in [0, 0.05) is 0 Å². The van der Waals surface area contributed by atoms with Gasteiger partial charge in [-0.05, 0) is 36.5 Å². The molecule has 96 valence electrons. The Kier molecular flexibility index (Phi) is 12.5. The maximum atomic E-state index is 11.2. The van der Waals surface area contributed by atoms with E-state index in [4.69, 9.17) is 0 Å². The number of esters is 1. The molecule has 2 nitrogen and oxygen atoms in total. The van der Waals surface area contributed by atoms with Gasteiger partial charge < -0.3 is 18.6 Å². The van der Waals surface area contributed by atoms with Crippen molar-refractivity contribution in [2.24, 2.45) is 0 Å². The van der Waals surface area contributed by atoms with Crippen molar-refractivity contribution in [3.63, 3.8) is 0 Å². The molecule has 18 heavy (non-hydrogen) atoms. The van der Waals surface area contributed by atoms with Crippen LogP contribution in [0.3, 0.4) is 0 Å². The largest absolute Gasteiger partial charge is 2.00 e. The molecule has 2 rings (SSSR count). The Balaban J connectivity index is 0. The molecule has 1 aromatic carbocycles. The summed E-state index contributed by atoms with van der Waals surface area (Å²) in [6, 6.07) is 7.71. The maximum absolute atomic E-state index is 11.2. The molecular weight excluding hydrogens is 278 g/mol. The van der Waals surface area contributed by atoms with Crippen LogP contribution in [-0.2, 0) is 24.2 Å². The van der Waals surface area contributed by atoms with E-state index in [0.717, 1.165) is 0 Å². The van der Waals surface area contributed by atoms with Crippen LogP contribution in [0.25, 0.3) is 0 Å². The van der Waals surface area contributed by atoms with E-state index < -0.39 is 0 Å². The predicted molar refractivity (Wildman–Crippen MR) is 71.8 cm³/mol. The molecule has 0 amide bonds. The van der Waals surface area contributed by atoms with Crippen molar-refractivity contribution in [1.29, 1.82) is 0 Å². The van der Waals surface area contributed by atoms with Crippen molar-refractivity contribution in [2.45, 2.75) is 32.6 Å². The second-order valence-electron chi connectivity index (χ2n) is 3.39. The molecular formula is C15H22O2Zn. The Bertz CT molecular complexity index is 333. The van der Waals surface area contributed by atoms with E-state index in [0.29, 0.717) is 11.5 Å². The molecule has 0 spiro atoms. The SMILES string of the molecule is COC(=O)c1cccc(C2CC2)c1.[CH2-]C.[CH2-]C.[Zn+2]. The first-order chi connectivity index (χ1) is 8.31. The molecule has 0 N–H and O–H groups in total. The van der Waals surface area contributed by atoms with Crippen LogP contribution < -0.4 is 0 Å². The van der Waals surface area contributed by atoms with Gasteiger partial charge >= 0.3 is 25.4 Å². The summed E-state index contributed by atoms with van der Waals surface area (Å²) in [6.45, 7) is 10.0. The van der Waals surface area contributed by atoms with E-state index in [-0.39, 0.29) is 25.4 Å². The molecule has 0 atom stereocenters. The summed E-state index contributed by atoms with van der Waals surface area (Å²) in [4.78, 5) is 11.2. The standard InChI is InChI=1S/C11H12O2.2C2H5.Zn/c1-13-11(12)10-4-2-3-9(7-10)8-5-6-8;2*1-2;/h2-4,7-8H,5-6H2,1H3;2*1H2,2H3;/q;2*-1;+2. The normalized spacial score (nSPS) is 11.8. The third-order valence-electron chi connectivity index (χ3n) is 2.36. The van der Waals surface area contributed by atoms with Crippen molar-refractivity contribution in [1.82, 2.24) is 0 Å². The summed E-state index contributed by atoms with van der Waals surface area (Å²) in [6.07, 6.45) is 2.51. The molecule has 1 aromatic rings. The summed E-state index contributed by atoms with van der Waals surface area (Å²) in [7, 11) is 1.41. The second-order valence-corrected chi connectivity index (χ2v) is 3.39. The average molecular weight is 300 g/mol. The Hall–Kier alpha value is -0.687. The van der Waals surface area contributed by atoms with Crippen LogP contribution in [0.4, 0.5) is 0 Å². The van der Waals surface area contributed by atoms with E-state index in [1.54, 1.807) is 19.9 Å². The number of carbonyl (C=O) groups excluding carboxylic acids is 1. The minimum atomic E-state index is -0.248. The molecule has 0 aliphatic heterocycles. The number of hydrogen-bond acceptors (Lipinski definition) is 2. The van der Waals surface area contributed by atoms with Gasteiger partial charge in [-0.2, -0.15) is 13.8 Å². The van der Waals surface area contributed by atoms with Crippen LogP contribution in [0.2, 0.25) is 0 Å². The summed E-state index contributed by atoms with van der Waals surface area (Å²) >= 11 is 0. The van der Waals surface area contributed by atoms with E-state index in [9.17, 15) is 4.79 Å². The van der Waals surface area contributed by atoms with Gasteiger partial charge in [0.25, 0.3) is 0 Å². The molecule has 0 saturated heterocycles. The molecule has 1 saturated carbocycles. The van der Waals surface area contributed by atoms with Crippen LogP contribution in [-0.4, -0.2) is 13.1 Å². The fourth-order valence-corrected chi connectivity index (χ4v) is 1.45. The molecule has 0 bridgehead atoms. The molecule has 0 unspecified atom stereocenters. The van der Waals surface area contributed by atoms with E-state index in [1.807, 2.05) is 12.1 Å². The molecule has 1 fully saturated rings. The first-order valence-corrected chi connectivity index (χ1v) is 5.91. The Labute approximate surface area is 124 Å². The number of ether oxygens (including phenoxy) is 1. The monoisotopic (exact) mass is 298 g/mol. The van der Waals surface area contributed by atoms with Crippen LogP contribution in [0, 0.1) is 13.8 Å². The Morgan fingerprint density at radius 1 is 1.22 bits per heavy atom. The zero-order valence-electron chi connectivity index (χ0n) is 11.7. The third kappa shape index (κ3) is 6.30. The second kappa shape index (κ2) is 11.4. The molecule has 1 aliphatic carbocycles. The predicted octanol–water partition coefficient (Wildman–Crippen LogP) is 4.03. The van der Waals surface area contributed by atoms with Gasteiger partial charge in [-0.3, -0.25) is 0 Å². The Morgan fingerprint density at radius 3 is 2.22 bits per heavy atom. The van der Waals surface area contributed by atoms with Crippen molar-refractivity contribution in [3.8, 4) is 0 Å².